The SMILES string of the molecule is COc1cnc(NC2CC(OC)C2(C)C)nc1. The van der Waals surface area contributed by atoms with Crippen molar-refractivity contribution < 1.29 is 9.47 Å². The van der Waals surface area contributed by atoms with E-state index in [4.69, 9.17) is 9.47 Å². The predicted molar refractivity (Wildman–Crippen MR) is 65.2 cm³/mol. The van der Waals surface area contributed by atoms with Gasteiger partial charge in [-0.2, -0.15) is 0 Å². The van der Waals surface area contributed by atoms with Crippen molar-refractivity contribution >= 4 is 5.95 Å². The molecular formula is C12H19N3O2. The van der Waals surface area contributed by atoms with Crippen LogP contribution in [0.1, 0.15) is 20.3 Å². The van der Waals surface area contributed by atoms with Crippen LogP contribution < -0.4 is 10.1 Å². The fourth-order valence-electron chi connectivity index (χ4n) is 2.18. The van der Waals surface area contributed by atoms with E-state index in [0.29, 0.717) is 23.8 Å². The summed E-state index contributed by atoms with van der Waals surface area (Å²) < 4.78 is 10.4. The average molecular weight is 237 g/mol. The Morgan fingerprint density at radius 3 is 2.41 bits per heavy atom. The molecule has 94 valence electrons. The van der Waals surface area contributed by atoms with Crippen molar-refractivity contribution in [1.82, 2.24) is 9.97 Å². The summed E-state index contributed by atoms with van der Waals surface area (Å²) >= 11 is 0. The Kier molecular flexibility index (Phi) is 3.19. The molecule has 0 amide bonds. The van der Waals surface area contributed by atoms with Crippen LogP contribution in [-0.2, 0) is 4.74 Å². The fourth-order valence-corrected chi connectivity index (χ4v) is 2.18. The Labute approximate surface area is 102 Å². The number of aromatic nitrogens is 2. The topological polar surface area (TPSA) is 56.3 Å². The van der Waals surface area contributed by atoms with E-state index in [1.165, 1.54) is 0 Å². The molecule has 2 atom stereocenters. The minimum absolute atomic E-state index is 0.109. The van der Waals surface area contributed by atoms with E-state index < -0.39 is 0 Å². The van der Waals surface area contributed by atoms with E-state index in [9.17, 15) is 0 Å². The van der Waals surface area contributed by atoms with E-state index in [1.54, 1.807) is 26.6 Å². The summed E-state index contributed by atoms with van der Waals surface area (Å²) in [6.07, 6.45) is 4.61. The zero-order valence-electron chi connectivity index (χ0n) is 10.7. The number of rotatable bonds is 4. The molecule has 5 heteroatoms. The molecule has 17 heavy (non-hydrogen) atoms. The summed E-state index contributed by atoms with van der Waals surface area (Å²) in [6.45, 7) is 4.37. The van der Waals surface area contributed by atoms with Crippen molar-refractivity contribution in [1.29, 1.82) is 0 Å². The van der Waals surface area contributed by atoms with Gasteiger partial charge in [-0.05, 0) is 6.42 Å². The number of nitrogens with zero attached hydrogens (tertiary/aromatic N) is 2. The van der Waals surface area contributed by atoms with Crippen molar-refractivity contribution in [2.24, 2.45) is 5.41 Å². The van der Waals surface area contributed by atoms with E-state index >= 15 is 0 Å². The van der Waals surface area contributed by atoms with Crippen LogP contribution in [0, 0.1) is 5.41 Å². The maximum atomic E-state index is 5.41. The number of anilines is 1. The van der Waals surface area contributed by atoms with Crippen LogP contribution in [0.15, 0.2) is 12.4 Å². The normalized spacial score (nSPS) is 26.1. The van der Waals surface area contributed by atoms with Gasteiger partial charge in [0.15, 0.2) is 5.75 Å². The lowest BCUT2D eigenvalue weighted by molar-refractivity contribution is -0.0796. The molecule has 0 spiro atoms. The molecule has 1 aliphatic carbocycles. The van der Waals surface area contributed by atoms with Crippen molar-refractivity contribution in [2.45, 2.75) is 32.4 Å². The van der Waals surface area contributed by atoms with Gasteiger partial charge in [0.25, 0.3) is 0 Å². The maximum Gasteiger partial charge on any atom is 0.223 e. The first-order valence-corrected chi connectivity index (χ1v) is 5.73. The number of ether oxygens (including phenoxy) is 2. The monoisotopic (exact) mass is 237 g/mol. The fraction of sp³-hybridized carbons (Fsp3) is 0.667. The second-order valence-corrected chi connectivity index (χ2v) is 4.92. The van der Waals surface area contributed by atoms with Crippen LogP contribution in [0.3, 0.4) is 0 Å². The van der Waals surface area contributed by atoms with Gasteiger partial charge < -0.3 is 14.8 Å². The molecule has 0 radical (unpaired) electrons. The first-order valence-electron chi connectivity index (χ1n) is 5.73. The van der Waals surface area contributed by atoms with Gasteiger partial charge in [-0.25, -0.2) is 9.97 Å². The van der Waals surface area contributed by atoms with Gasteiger partial charge >= 0.3 is 0 Å². The largest absolute Gasteiger partial charge is 0.494 e. The molecule has 1 aliphatic rings. The zero-order chi connectivity index (χ0) is 12.5. The summed E-state index contributed by atoms with van der Waals surface area (Å²) in [6, 6.07) is 0.348. The highest BCUT2D eigenvalue weighted by atomic mass is 16.5. The Morgan fingerprint density at radius 1 is 1.29 bits per heavy atom. The van der Waals surface area contributed by atoms with Crippen LogP contribution in [0.5, 0.6) is 5.75 Å². The second kappa shape index (κ2) is 4.49. The molecule has 1 saturated carbocycles. The Morgan fingerprint density at radius 2 is 1.94 bits per heavy atom. The molecule has 0 aliphatic heterocycles. The lowest BCUT2D eigenvalue weighted by Crippen LogP contribution is -2.57. The van der Waals surface area contributed by atoms with Gasteiger partial charge in [0.05, 0.1) is 25.6 Å². The molecule has 2 rings (SSSR count). The third-order valence-electron chi connectivity index (χ3n) is 3.63. The van der Waals surface area contributed by atoms with Crippen molar-refractivity contribution in [2.75, 3.05) is 19.5 Å². The van der Waals surface area contributed by atoms with Crippen molar-refractivity contribution in [3.8, 4) is 5.75 Å². The maximum absolute atomic E-state index is 5.41. The molecule has 1 N–H and O–H groups in total. The summed E-state index contributed by atoms with van der Waals surface area (Å²) in [5, 5.41) is 3.33. The molecule has 0 bridgehead atoms. The van der Waals surface area contributed by atoms with Crippen molar-refractivity contribution in [3.63, 3.8) is 0 Å². The van der Waals surface area contributed by atoms with Gasteiger partial charge in [0.1, 0.15) is 0 Å². The second-order valence-electron chi connectivity index (χ2n) is 4.92. The highest BCUT2D eigenvalue weighted by Crippen LogP contribution is 2.43. The Balaban J connectivity index is 1.98. The highest BCUT2D eigenvalue weighted by molar-refractivity contribution is 5.31. The number of hydrogen-bond acceptors (Lipinski definition) is 5. The summed E-state index contributed by atoms with van der Waals surface area (Å²) in [5.74, 6) is 1.30. The molecule has 2 unspecified atom stereocenters. The molecule has 0 saturated heterocycles. The summed E-state index contributed by atoms with van der Waals surface area (Å²) in [5.41, 5.74) is 0.109. The third-order valence-corrected chi connectivity index (χ3v) is 3.63. The standard InChI is InChI=1S/C12H19N3O2/c1-12(2)9(5-10(12)17-4)15-11-13-6-8(16-3)7-14-11/h6-7,9-10H,5H2,1-4H3,(H,13,14,15). The lowest BCUT2D eigenvalue weighted by Gasteiger charge is -2.51. The van der Waals surface area contributed by atoms with Crippen LogP contribution in [-0.4, -0.2) is 36.3 Å². The molecular weight excluding hydrogens is 218 g/mol. The van der Waals surface area contributed by atoms with Gasteiger partial charge in [-0.15, -0.1) is 0 Å². The van der Waals surface area contributed by atoms with Gasteiger partial charge in [-0.1, -0.05) is 13.8 Å². The number of methoxy groups -OCH3 is 2. The van der Waals surface area contributed by atoms with E-state index in [-0.39, 0.29) is 5.41 Å². The first kappa shape index (κ1) is 12.1. The minimum Gasteiger partial charge on any atom is -0.494 e. The zero-order valence-corrected chi connectivity index (χ0v) is 10.7. The molecule has 1 heterocycles. The van der Waals surface area contributed by atoms with E-state index in [0.717, 1.165) is 6.42 Å². The van der Waals surface area contributed by atoms with Gasteiger partial charge in [0, 0.05) is 18.6 Å². The van der Waals surface area contributed by atoms with E-state index in [1.807, 2.05) is 0 Å². The molecule has 1 aromatic rings. The molecule has 1 aromatic heterocycles. The van der Waals surface area contributed by atoms with Crippen LogP contribution in [0.25, 0.3) is 0 Å². The Hall–Kier alpha value is -1.36. The van der Waals surface area contributed by atoms with Crippen LogP contribution in [0.4, 0.5) is 5.95 Å². The minimum atomic E-state index is 0.109. The average Bonchev–Trinajstić information content (AvgIpc) is 2.34. The van der Waals surface area contributed by atoms with Crippen LogP contribution in [0.2, 0.25) is 0 Å². The van der Waals surface area contributed by atoms with Gasteiger partial charge in [-0.3, -0.25) is 0 Å². The quantitative estimate of drug-likeness (QED) is 0.864. The number of nitrogens with one attached hydrogen (secondary N) is 1. The highest BCUT2D eigenvalue weighted by Gasteiger charge is 2.48. The number of hydrogen-bond donors (Lipinski definition) is 1. The third kappa shape index (κ3) is 2.20. The van der Waals surface area contributed by atoms with Crippen LogP contribution >= 0.6 is 0 Å². The molecule has 1 fully saturated rings. The molecule has 5 nitrogen and oxygen atoms in total. The summed E-state index contributed by atoms with van der Waals surface area (Å²) in [4.78, 5) is 8.40. The Bertz CT molecular complexity index is 378. The van der Waals surface area contributed by atoms with Crippen molar-refractivity contribution in [3.05, 3.63) is 12.4 Å². The summed E-state index contributed by atoms with van der Waals surface area (Å²) in [7, 11) is 3.36. The first-order chi connectivity index (χ1) is 8.07. The lowest BCUT2D eigenvalue weighted by atomic mass is 9.64. The smallest absolute Gasteiger partial charge is 0.223 e. The predicted octanol–water partition coefficient (Wildman–Crippen LogP) is 1.71. The molecule has 0 aromatic carbocycles. The van der Waals surface area contributed by atoms with E-state index in [2.05, 4.69) is 29.1 Å². The van der Waals surface area contributed by atoms with Gasteiger partial charge in [0.2, 0.25) is 5.95 Å².